The maximum atomic E-state index is 12.4. The first kappa shape index (κ1) is 14.2. The lowest BCUT2D eigenvalue weighted by atomic mass is 10.1. The molecule has 1 aromatic rings. The molecule has 2 rings (SSSR count). The number of benzene rings is 1. The number of hydrogen-bond donors (Lipinski definition) is 2. The first-order valence-electron chi connectivity index (χ1n) is 6.62. The quantitative estimate of drug-likeness (QED) is 0.583. The Hall–Kier alpha value is -2.24. The van der Waals surface area contributed by atoms with Gasteiger partial charge in [-0.25, -0.2) is 0 Å². The van der Waals surface area contributed by atoms with Gasteiger partial charge in [-0.05, 0) is 24.6 Å². The van der Waals surface area contributed by atoms with Crippen molar-refractivity contribution in [3.8, 4) is 5.75 Å². The Bertz CT molecular complexity index is 530. The van der Waals surface area contributed by atoms with Gasteiger partial charge in [0, 0.05) is 38.8 Å². The topological polar surface area (TPSA) is 86.9 Å². The van der Waals surface area contributed by atoms with E-state index in [4.69, 9.17) is 5.73 Å². The van der Waals surface area contributed by atoms with Crippen LogP contribution in [0.25, 0.3) is 0 Å². The number of phenols is 1. The van der Waals surface area contributed by atoms with Crippen LogP contribution in [-0.2, 0) is 4.79 Å². The SMILES string of the molecule is CC(=O)N1CCCN(C(=O)c2cc(O)ccc2N)CC1. The molecule has 0 radical (unpaired) electrons. The lowest BCUT2D eigenvalue weighted by molar-refractivity contribution is -0.128. The van der Waals surface area contributed by atoms with E-state index in [0.717, 1.165) is 6.42 Å². The first-order chi connectivity index (χ1) is 9.49. The number of phenolic OH excluding ortho intramolecular Hbond substituents is 1. The number of carbonyl (C=O) groups excluding carboxylic acids is 2. The highest BCUT2D eigenvalue weighted by Crippen LogP contribution is 2.20. The molecule has 0 atom stereocenters. The van der Waals surface area contributed by atoms with Crippen molar-refractivity contribution in [2.75, 3.05) is 31.9 Å². The van der Waals surface area contributed by atoms with Crippen molar-refractivity contribution in [2.45, 2.75) is 13.3 Å². The Balaban J connectivity index is 2.13. The first-order valence-corrected chi connectivity index (χ1v) is 6.62. The Labute approximate surface area is 117 Å². The highest BCUT2D eigenvalue weighted by atomic mass is 16.3. The number of nitrogens with zero attached hydrogens (tertiary/aromatic N) is 2. The highest BCUT2D eigenvalue weighted by molar-refractivity contribution is 5.99. The summed E-state index contributed by atoms with van der Waals surface area (Å²) in [6.45, 7) is 3.78. The summed E-state index contributed by atoms with van der Waals surface area (Å²) in [4.78, 5) is 27.2. The molecule has 1 aliphatic heterocycles. The molecule has 0 saturated carbocycles. The van der Waals surface area contributed by atoms with Crippen molar-refractivity contribution < 1.29 is 14.7 Å². The number of rotatable bonds is 1. The van der Waals surface area contributed by atoms with E-state index in [1.54, 1.807) is 9.80 Å². The fraction of sp³-hybridized carbons (Fsp3) is 0.429. The molecule has 0 spiro atoms. The van der Waals surface area contributed by atoms with E-state index in [1.165, 1.54) is 25.1 Å². The third-order valence-electron chi connectivity index (χ3n) is 3.50. The van der Waals surface area contributed by atoms with Crippen molar-refractivity contribution in [1.82, 2.24) is 9.80 Å². The Kier molecular flexibility index (Phi) is 4.12. The van der Waals surface area contributed by atoms with Gasteiger partial charge in [0.2, 0.25) is 5.91 Å². The molecule has 1 saturated heterocycles. The normalized spacial score (nSPS) is 15.8. The van der Waals surface area contributed by atoms with E-state index in [1.807, 2.05) is 0 Å². The smallest absolute Gasteiger partial charge is 0.256 e. The predicted octanol–water partition coefficient (Wildman–Crippen LogP) is 0.669. The zero-order valence-corrected chi connectivity index (χ0v) is 11.5. The average Bonchev–Trinajstić information content (AvgIpc) is 2.66. The summed E-state index contributed by atoms with van der Waals surface area (Å²) < 4.78 is 0. The summed E-state index contributed by atoms with van der Waals surface area (Å²) in [5.41, 5.74) is 6.44. The number of nitrogens with two attached hydrogens (primary N) is 1. The molecular weight excluding hydrogens is 258 g/mol. The van der Waals surface area contributed by atoms with Gasteiger partial charge in [-0.3, -0.25) is 9.59 Å². The minimum atomic E-state index is -0.205. The standard InChI is InChI=1S/C14H19N3O3/c1-10(18)16-5-2-6-17(8-7-16)14(20)12-9-11(19)3-4-13(12)15/h3-4,9,19H,2,5-8,15H2,1H3. The van der Waals surface area contributed by atoms with E-state index in [0.29, 0.717) is 37.4 Å². The van der Waals surface area contributed by atoms with Crippen LogP contribution >= 0.6 is 0 Å². The van der Waals surface area contributed by atoms with Crippen molar-refractivity contribution >= 4 is 17.5 Å². The number of anilines is 1. The molecule has 1 aromatic carbocycles. The highest BCUT2D eigenvalue weighted by Gasteiger charge is 2.22. The van der Waals surface area contributed by atoms with Crippen molar-refractivity contribution in [3.05, 3.63) is 23.8 Å². The Morgan fingerprint density at radius 1 is 1.15 bits per heavy atom. The summed E-state index contributed by atoms with van der Waals surface area (Å²) in [7, 11) is 0. The van der Waals surface area contributed by atoms with E-state index in [2.05, 4.69) is 0 Å². The van der Waals surface area contributed by atoms with Gasteiger partial charge in [0.05, 0.1) is 5.56 Å². The van der Waals surface area contributed by atoms with Crippen molar-refractivity contribution in [1.29, 1.82) is 0 Å². The fourth-order valence-electron chi connectivity index (χ4n) is 2.34. The molecule has 20 heavy (non-hydrogen) atoms. The summed E-state index contributed by atoms with van der Waals surface area (Å²) >= 11 is 0. The molecule has 2 amide bonds. The lowest BCUT2D eigenvalue weighted by Crippen LogP contribution is -2.36. The second-order valence-electron chi connectivity index (χ2n) is 4.92. The van der Waals surface area contributed by atoms with Crippen LogP contribution in [0.2, 0.25) is 0 Å². The summed E-state index contributed by atoms with van der Waals surface area (Å²) in [6.07, 6.45) is 0.740. The van der Waals surface area contributed by atoms with Gasteiger partial charge >= 0.3 is 0 Å². The summed E-state index contributed by atoms with van der Waals surface area (Å²) in [5.74, 6) is -0.164. The monoisotopic (exact) mass is 277 g/mol. The van der Waals surface area contributed by atoms with Crippen molar-refractivity contribution in [3.63, 3.8) is 0 Å². The lowest BCUT2D eigenvalue weighted by Gasteiger charge is -2.22. The Morgan fingerprint density at radius 2 is 1.80 bits per heavy atom. The van der Waals surface area contributed by atoms with Crippen molar-refractivity contribution in [2.24, 2.45) is 0 Å². The summed E-state index contributed by atoms with van der Waals surface area (Å²) in [6, 6.07) is 4.35. The molecule has 6 heteroatoms. The number of hydrogen-bond acceptors (Lipinski definition) is 4. The van der Waals surface area contributed by atoms with Crippen LogP contribution in [0.4, 0.5) is 5.69 Å². The van der Waals surface area contributed by atoms with Crippen LogP contribution in [0.15, 0.2) is 18.2 Å². The van der Waals surface area contributed by atoms with Gasteiger partial charge in [0.25, 0.3) is 5.91 Å². The number of aromatic hydroxyl groups is 1. The fourth-order valence-corrected chi connectivity index (χ4v) is 2.34. The van der Waals surface area contributed by atoms with Crippen LogP contribution in [0.3, 0.4) is 0 Å². The molecule has 0 aliphatic carbocycles. The Morgan fingerprint density at radius 3 is 2.50 bits per heavy atom. The summed E-state index contributed by atoms with van der Waals surface area (Å²) in [5, 5.41) is 9.48. The number of amides is 2. The third-order valence-corrected chi connectivity index (χ3v) is 3.50. The molecule has 1 fully saturated rings. The largest absolute Gasteiger partial charge is 0.508 e. The minimum absolute atomic E-state index is 0.0164. The van der Waals surface area contributed by atoms with Gasteiger partial charge < -0.3 is 20.6 Å². The van der Waals surface area contributed by atoms with E-state index >= 15 is 0 Å². The number of carbonyl (C=O) groups is 2. The molecule has 0 bridgehead atoms. The molecule has 6 nitrogen and oxygen atoms in total. The van der Waals surface area contributed by atoms with Crippen LogP contribution < -0.4 is 5.73 Å². The zero-order valence-electron chi connectivity index (χ0n) is 11.5. The average molecular weight is 277 g/mol. The van der Waals surface area contributed by atoms with E-state index < -0.39 is 0 Å². The third kappa shape index (κ3) is 3.01. The minimum Gasteiger partial charge on any atom is -0.508 e. The van der Waals surface area contributed by atoms with Gasteiger partial charge in [-0.2, -0.15) is 0 Å². The molecular formula is C14H19N3O3. The van der Waals surface area contributed by atoms with E-state index in [-0.39, 0.29) is 17.6 Å². The molecule has 0 unspecified atom stereocenters. The van der Waals surface area contributed by atoms with E-state index in [9.17, 15) is 14.7 Å². The molecule has 3 N–H and O–H groups in total. The predicted molar refractivity (Wildman–Crippen MR) is 75.3 cm³/mol. The molecule has 1 heterocycles. The van der Waals surface area contributed by atoms with Crippen LogP contribution in [0.1, 0.15) is 23.7 Å². The molecule has 0 aromatic heterocycles. The van der Waals surface area contributed by atoms with Crippen LogP contribution in [-0.4, -0.2) is 52.9 Å². The van der Waals surface area contributed by atoms with Gasteiger partial charge in [-0.1, -0.05) is 0 Å². The van der Waals surface area contributed by atoms with Gasteiger partial charge in [0.15, 0.2) is 0 Å². The molecule has 108 valence electrons. The van der Waals surface area contributed by atoms with Crippen LogP contribution in [0.5, 0.6) is 5.75 Å². The second-order valence-corrected chi connectivity index (χ2v) is 4.92. The maximum Gasteiger partial charge on any atom is 0.256 e. The second kappa shape index (κ2) is 5.81. The maximum absolute atomic E-state index is 12.4. The van der Waals surface area contributed by atoms with Gasteiger partial charge in [-0.15, -0.1) is 0 Å². The zero-order chi connectivity index (χ0) is 14.7. The van der Waals surface area contributed by atoms with Crippen LogP contribution in [0, 0.1) is 0 Å². The van der Waals surface area contributed by atoms with Gasteiger partial charge in [0.1, 0.15) is 5.75 Å². The number of nitrogen functional groups attached to an aromatic ring is 1. The molecule has 1 aliphatic rings.